The van der Waals surface area contributed by atoms with Gasteiger partial charge < -0.3 is 14.8 Å². The summed E-state index contributed by atoms with van der Waals surface area (Å²) in [5.41, 5.74) is 0.882. The molecule has 0 saturated heterocycles. The van der Waals surface area contributed by atoms with Gasteiger partial charge in [0.2, 0.25) is 0 Å². The molecule has 0 unspecified atom stereocenters. The Kier molecular flexibility index (Phi) is 5.60. The van der Waals surface area contributed by atoms with Crippen LogP contribution in [-0.2, 0) is 16.1 Å². The van der Waals surface area contributed by atoms with Crippen LogP contribution >= 0.6 is 0 Å². The third-order valence-corrected chi connectivity index (χ3v) is 3.42. The minimum absolute atomic E-state index is 0.0699. The van der Waals surface area contributed by atoms with Crippen molar-refractivity contribution in [3.05, 3.63) is 29.8 Å². The Morgan fingerprint density at radius 1 is 1.33 bits per heavy atom. The van der Waals surface area contributed by atoms with E-state index in [-0.39, 0.29) is 18.4 Å². The highest BCUT2D eigenvalue weighted by Gasteiger charge is 2.29. The van der Waals surface area contributed by atoms with Gasteiger partial charge in [0.25, 0.3) is 0 Å². The number of carbonyl (C=O) groups is 2. The lowest BCUT2D eigenvalue weighted by atomic mass is 9.91. The molecule has 1 saturated carbocycles. The fourth-order valence-electron chi connectivity index (χ4n) is 1.91. The van der Waals surface area contributed by atoms with E-state index >= 15 is 0 Å². The molecule has 1 aromatic carbocycles. The molecule has 0 bridgehead atoms. The zero-order valence-electron chi connectivity index (χ0n) is 12.3. The number of alkyl carbamates (subject to hydrolysis) is 1. The second-order valence-corrected chi connectivity index (χ2v) is 5.12. The number of nitrogens with one attached hydrogen (secondary N) is 1. The smallest absolute Gasteiger partial charge is 0.408 e. The summed E-state index contributed by atoms with van der Waals surface area (Å²) in [6, 6.07) is 7.10. The molecule has 0 radical (unpaired) electrons. The van der Waals surface area contributed by atoms with Gasteiger partial charge in [-0.3, -0.25) is 4.79 Å². The van der Waals surface area contributed by atoms with Gasteiger partial charge in [-0.15, -0.1) is 0 Å². The highest BCUT2D eigenvalue weighted by molar-refractivity contribution is 5.92. The zero-order valence-corrected chi connectivity index (χ0v) is 12.3. The number of amides is 1. The van der Waals surface area contributed by atoms with Crippen molar-refractivity contribution in [2.45, 2.75) is 45.3 Å². The molecule has 2 rings (SSSR count). The quantitative estimate of drug-likeness (QED) is 0.785. The number of Topliss-reactive ketones (excluding diaryl/α,β-unsaturated/α-hetero) is 1. The van der Waals surface area contributed by atoms with Crippen LogP contribution in [0.4, 0.5) is 4.79 Å². The molecule has 0 aliphatic heterocycles. The molecule has 21 heavy (non-hydrogen) atoms. The SMILES string of the molecule is CCCCOc1ccc(COC(=O)N[C@H]2CCC2=O)cc1. The van der Waals surface area contributed by atoms with Gasteiger partial charge in [-0.25, -0.2) is 4.79 Å². The van der Waals surface area contributed by atoms with E-state index < -0.39 is 6.09 Å². The molecule has 5 nitrogen and oxygen atoms in total. The normalized spacial score (nSPS) is 17.0. The number of rotatable bonds is 7. The number of carbonyl (C=O) groups excluding carboxylic acids is 2. The lowest BCUT2D eigenvalue weighted by Gasteiger charge is -2.24. The van der Waals surface area contributed by atoms with Crippen molar-refractivity contribution < 1.29 is 19.1 Å². The van der Waals surface area contributed by atoms with E-state index in [1.807, 2.05) is 24.3 Å². The molecule has 0 spiro atoms. The number of hydrogen-bond acceptors (Lipinski definition) is 4. The van der Waals surface area contributed by atoms with Crippen LogP contribution in [0.1, 0.15) is 38.2 Å². The van der Waals surface area contributed by atoms with E-state index in [0.29, 0.717) is 19.4 Å². The first-order valence-electron chi connectivity index (χ1n) is 7.37. The van der Waals surface area contributed by atoms with E-state index in [4.69, 9.17) is 9.47 Å². The van der Waals surface area contributed by atoms with Gasteiger partial charge in [-0.05, 0) is 30.5 Å². The van der Waals surface area contributed by atoms with Crippen LogP contribution in [0.15, 0.2) is 24.3 Å². The molecule has 0 aromatic heterocycles. The summed E-state index contributed by atoms with van der Waals surface area (Å²) >= 11 is 0. The van der Waals surface area contributed by atoms with Crippen LogP contribution in [-0.4, -0.2) is 24.5 Å². The number of hydrogen-bond donors (Lipinski definition) is 1. The summed E-state index contributed by atoms with van der Waals surface area (Å²) in [4.78, 5) is 22.6. The lowest BCUT2D eigenvalue weighted by Crippen LogP contribution is -2.47. The number of unbranched alkanes of at least 4 members (excludes halogenated alkanes) is 1. The fraction of sp³-hybridized carbons (Fsp3) is 0.500. The molecule has 0 heterocycles. The Balaban J connectivity index is 1.70. The van der Waals surface area contributed by atoms with Crippen molar-refractivity contribution in [1.29, 1.82) is 0 Å². The van der Waals surface area contributed by atoms with E-state index in [1.165, 1.54) is 0 Å². The number of ketones is 1. The molecular formula is C16H21NO4. The highest BCUT2D eigenvalue weighted by Crippen LogP contribution is 2.15. The van der Waals surface area contributed by atoms with Gasteiger partial charge in [0.1, 0.15) is 12.4 Å². The largest absolute Gasteiger partial charge is 0.494 e. The van der Waals surface area contributed by atoms with Gasteiger partial charge in [0.05, 0.1) is 12.6 Å². The van der Waals surface area contributed by atoms with Gasteiger partial charge in [0.15, 0.2) is 5.78 Å². The lowest BCUT2D eigenvalue weighted by molar-refractivity contribution is -0.126. The summed E-state index contributed by atoms with van der Waals surface area (Å²) in [6.45, 7) is 3.01. The summed E-state index contributed by atoms with van der Waals surface area (Å²) < 4.78 is 10.6. The maximum absolute atomic E-state index is 11.5. The third kappa shape index (κ3) is 4.77. The average molecular weight is 291 g/mol. The van der Waals surface area contributed by atoms with Gasteiger partial charge in [-0.2, -0.15) is 0 Å². The van der Waals surface area contributed by atoms with Crippen LogP contribution in [0.25, 0.3) is 0 Å². The fourth-order valence-corrected chi connectivity index (χ4v) is 1.91. The van der Waals surface area contributed by atoms with Crippen molar-refractivity contribution in [3.8, 4) is 5.75 Å². The van der Waals surface area contributed by atoms with Crippen molar-refractivity contribution in [2.75, 3.05) is 6.61 Å². The summed E-state index contributed by atoms with van der Waals surface area (Å²) in [5, 5.41) is 2.55. The maximum atomic E-state index is 11.5. The first kappa shape index (κ1) is 15.4. The Bertz CT molecular complexity index is 484. The Morgan fingerprint density at radius 3 is 2.67 bits per heavy atom. The molecular weight excluding hydrogens is 270 g/mol. The maximum Gasteiger partial charge on any atom is 0.408 e. The minimum Gasteiger partial charge on any atom is -0.494 e. The number of benzene rings is 1. The predicted molar refractivity (Wildman–Crippen MR) is 78.2 cm³/mol. The molecule has 1 aliphatic carbocycles. The molecule has 1 amide bonds. The average Bonchev–Trinajstić information content (AvgIpc) is 2.50. The van der Waals surface area contributed by atoms with Crippen molar-refractivity contribution in [3.63, 3.8) is 0 Å². The molecule has 5 heteroatoms. The summed E-state index contributed by atoms with van der Waals surface area (Å²) in [6.07, 6.45) is 2.84. The number of ether oxygens (including phenoxy) is 2. The van der Waals surface area contributed by atoms with E-state index in [1.54, 1.807) is 0 Å². The van der Waals surface area contributed by atoms with Crippen LogP contribution in [0.3, 0.4) is 0 Å². The van der Waals surface area contributed by atoms with E-state index in [2.05, 4.69) is 12.2 Å². The van der Waals surface area contributed by atoms with Crippen LogP contribution in [0.2, 0.25) is 0 Å². The third-order valence-electron chi connectivity index (χ3n) is 3.42. The van der Waals surface area contributed by atoms with Crippen LogP contribution < -0.4 is 10.1 Å². The Morgan fingerprint density at radius 2 is 2.10 bits per heavy atom. The van der Waals surface area contributed by atoms with Gasteiger partial charge in [0, 0.05) is 6.42 Å². The van der Waals surface area contributed by atoms with E-state index in [9.17, 15) is 9.59 Å². The van der Waals surface area contributed by atoms with Gasteiger partial charge >= 0.3 is 6.09 Å². The topological polar surface area (TPSA) is 64.6 Å². The monoisotopic (exact) mass is 291 g/mol. The highest BCUT2D eigenvalue weighted by atomic mass is 16.5. The van der Waals surface area contributed by atoms with Crippen molar-refractivity contribution in [2.24, 2.45) is 0 Å². The molecule has 1 N–H and O–H groups in total. The molecule has 1 aromatic rings. The molecule has 1 fully saturated rings. The Labute approximate surface area is 124 Å². The Hall–Kier alpha value is -2.04. The molecule has 114 valence electrons. The standard InChI is InChI=1S/C16H21NO4/c1-2-3-10-20-13-6-4-12(5-7-13)11-21-16(19)17-14-8-9-15(14)18/h4-7,14H,2-3,8-11H2,1H3,(H,17,19)/t14-/m0/s1. The molecule has 1 atom stereocenters. The van der Waals surface area contributed by atoms with Crippen molar-refractivity contribution in [1.82, 2.24) is 5.32 Å². The predicted octanol–water partition coefficient (Wildman–Crippen LogP) is 2.82. The summed E-state index contributed by atoms with van der Waals surface area (Å²) in [7, 11) is 0. The first-order chi connectivity index (χ1) is 10.2. The zero-order chi connectivity index (χ0) is 15.1. The van der Waals surface area contributed by atoms with Crippen LogP contribution in [0.5, 0.6) is 5.75 Å². The van der Waals surface area contributed by atoms with E-state index in [0.717, 1.165) is 24.2 Å². The minimum atomic E-state index is -0.545. The van der Waals surface area contributed by atoms with Gasteiger partial charge in [-0.1, -0.05) is 25.5 Å². The second kappa shape index (κ2) is 7.67. The molecule has 1 aliphatic rings. The van der Waals surface area contributed by atoms with Crippen LogP contribution in [0, 0.1) is 0 Å². The second-order valence-electron chi connectivity index (χ2n) is 5.12. The van der Waals surface area contributed by atoms with Crippen molar-refractivity contribution >= 4 is 11.9 Å². The first-order valence-corrected chi connectivity index (χ1v) is 7.37. The summed E-state index contributed by atoms with van der Waals surface area (Å²) in [5.74, 6) is 0.886.